The molecule has 7 heteroatoms. The zero-order valence-electron chi connectivity index (χ0n) is 9.48. The third kappa shape index (κ3) is 4.01. The van der Waals surface area contributed by atoms with Crippen molar-refractivity contribution in [2.24, 2.45) is 5.11 Å². The normalized spacial score (nSPS) is 11.4. The highest BCUT2D eigenvalue weighted by molar-refractivity contribution is 5.26. The fourth-order valence-electron chi connectivity index (χ4n) is 1.40. The highest BCUT2D eigenvalue weighted by atomic mass is 19.1. The van der Waals surface area contributed by atoms with Crippen molar-refractivity contribution in [2.45, 2.75) is 12.5 Å². The first-order valence-electron chi connectivity index (χ1n) is 5.28. The van der Waals surface area contributed by atoms with Crippen molar-refractivity contribution in [3.63, 3.8) is 0 Å². The van der Waals surface area contributed by atoms with Crippen LogP contribution in [0.5, 0.6) is 0 Å². The van der Waals surface area contributed by atoms with Crippen molar-refractivity contribution in [1.82, 2.24) is 5.32 Å². The van der Waals surface area contributed by atoms with Gasteiger partial charge in [0.2, 0.25) is 0 Å². The van der Waals surface area contributed by atoms with Gasteiger partial charge in [-0.1, -0.05) is 11.2 Å². The molecule has 1 N–H and O–H groups in total. The highest BCUT2D eigenvalue weighted by Gasteiger charge is 2.14. The second-order valence-electron chi connectivity index (χ2n) is 3.49. The molecule has 5 nitrogen and oxygen atoms in total. The third-order valence-electron chi connectivity index (χ3n) is 2.25. The van der Waals surface area contributed by atoms with Crippen LogP contribution in [-0.4, -0.2) is 13.1 Å². The SMILES string of the molecule is N#CC(NCCCN=[N+]=[N-])c1ccc(F)cc1F. The van der Waals surface area contributed by atoms with E-state index in [1.54, 1.807) is 0 Å². The van der Waals surface area contributed by atoms with Gasteiger partial charge in [0.25, 0.3) is 0 Å². The molecule has 0 aliphatic rings. The predicted molar refractivity (Wildman–Crippen MR) is 61.3 cm³/mol. The lowest BCUT2D eigenvalue weighted by molar-refractivity contribution is 0.540. The van der Waals surface area contributed by atoms with Crippen molar-refractivity contribution in [2.75, 3.05) is 13.1 Å². The van der Waals surface area contributed by atoms with Crippen LogP contribution in [0.15, 0.2) is 23.3 Å². The number of azide groups is 1. The molecule has 0 amide bonds. The molecule has 1 unspecified atom stereocenters. The number of halogens is 2. The predicted octanol–water partition coefficient (Wildman–Crippen LogP) is 2.82. The summed E-state index contributed by atoms with van der Waals surface area (Å²) in [6.45, 7) is 0.696. The fourth-order valence-corrected chi connectivity index (χ4v) is 1.40. The Morgan fingerprint density at radius 3 is 2.89 bits per heavy atom. The lowest BCUT2D eigenvalue weighted by atomic mass is 10.1. The number of nitrogens with one attached hydrogen (secondary N) is 1. The van der Waals surface area contributed by atoms with Crippen molar-refractivity contribution in [1.29, 1.82) is 5.26 Å². The topological polar surface area (TPSA) is 84.6 Å². The van der Waals surface area contributed by atoms with Crippen molar-refractivity contribution < 1.29 is 8.78 Å². The Hall–Kier alpha value is -2.16. The Kier molecular flexibility index (Phi) is 5.58. The van der Waals surface area contributed by atoms with Crippen molar-refractivity contribution in [3.8, 4) is 6.07 Å². The Morgan fingerprint density at radius 2 is 2.28 bits per heavy atom. The second-order valence-corrected chi connectivity index (χ2v) is 3.49. The number of hydrogen-bond donors (Lipinski definition) is 1. The van der Waals surface area contributed by atoms with Gasteiger partial charge < -0.3 is 0 Å². The zero-order valence-corrected chi connectivity index (χ0v) is 9.48. The quantitative estimate of drug-likeness (QED) is 0.365. The summed E-state index contributed by atoms with van der Waals surface area (Å²) in [5.74, 6) is -1.44. The number of nitrogens with zero attached hydrogens (tertiary/aromatic N) is 4. The van der Waals surface area contributed by atoms with Gasteiger partial charge in [0.15, 0.2) is 0 Å². The van der Waals surface area contributed by atoms with E-state index in [0.29, 0.717) is 19.5 Å². The largest absolute Gasteiger partial charge is 0.298 e. The molecule has 0 saturated carbocycles. The molecule has 0 radical (unpaired) electrons. The molecular formula is C11H11F2N5. The summed E-state index contributed by atoms with van der Waals surface area (Å²) in [4.78, 5) is 2.59. The standard InChI is InChI=1S/C11H11F2N5/c12-8-2-3-9(10(13)6-8)11(7-14)16-4-1-5-17-18-15/h2-3,6,11,16H,1,4-5H2. The Labute approximate surface area is 103 Å². The van der Waals surface area contributed by atoms with Gasteiger partial charge in [0.05, 0.1) is 6.07 Å². The fraction of sp³-hybridized carbons (Fsp3) is 0.364. The maximum Gasteiger partial charge on any atom is 0.131 e. The van der Waals surface area contributed by atoms with E-state index in [9.17, 15) is 8.78 Å². The van der Waals surface area contributed by atoms with Crippen LogP contribution >= 0.6 is 0 Å². The van der Waals surface area contributed by atoms with E-state index in [1.807, 2.05) is 6.07 Å². The summed E-state index contributed by atoms with van der Waals surface area (Å²) >= 11 is 0. The third-order valence-corrected chi connectivity index (χ3v) is 2.25. The Balaban J connectivity index is 2.61. The van der Waals surface area contributed by atoms with Gasteiger partial charge in [-0.15, -0.1) is 0 Å². The molecule has 1 atom stereocenters. The smallest absolute Gasteiger partial charge is 0.131 e. The van der Waals surface area contributed by atoms with Gasteiger partial charge in [0.1, 0.15) is 17.7 Å². The molecule has 0 spiro atoms. The molecule has 0 fully saturated rings. The summed E-state index contributed by atoms with van der Waals surface area (Å²) in [5, 5.41) is 15.0. The average molecular weight is 251 g/mol. The average Bonchev–Trinajstić information content (AvgIpc) is 2.35. The van der Waals surface area contributed by atoms with Gasteiger partial charge in [-0.05, 0) is 24.6 Å². The van der Waals surface area contributed by atoms with Crippen molar-refractivity contribution >= 4 is 0 Å². The maximum absolute atomic E-state index is 13.4. The van der Waals surface area contributed by atoms with Crippen LogP contribution < -0.4 is 5.32 Å². The van der Waals surface area contributed by atoms with Gasteiger partial charge in [-0.25, -0.2) is 8.78 Å². The zero-order chi connectivity index (χ0) is 13.4. The van der Waals surface area contributed by atoms with E-state index in [1.165, 1.54) is 6.07 Å². The minimum absolute atomic E-state index is 0.0997. The lowest BCUT2D eigenvalue weighted by Gasteiger charge is -2.12. The minimum atomic E-state index is -0.850. The van der Waals surface area contributed by atoms with Crippen molar-refractivity contribution in [3.05, 3.63) is 45.8 Å². The molecule has 0 aliphatic carbocycles. The molecule has 0 aromatic heterocycles. The van der Waals surface area contributed by atoms with E-state index in [4.69, 9.17) is 10.8 Å². The van der Waals surface area contributed by atoms with E-state index < -0.39 is 17.7 Å². The van der Waals surface area contributed by atoms with E-state index in [2.05, 4.69) is 15.3 Å². The molecular weight excluding hydrogens is 240 g/mol. The summed E-state index contributed by atoms with van der Waals surface area (Å²) in [6.07, 6.45) is 0.533. The van der Waals surface area contributed by atoms with Gasteiger partial charge >= 0.3 is 0 Å². The summed E-state index contributed by atoms with van der Waals surface area (Å²) in [7, 11) is 0. The molecule has 1 aromatic carbocycles. The molecule has 1 rings (SSSR count). The molecule has 94 valence electrons. The first-order valence-corrected chi connectivity index (χ1v) is 5.28. The minimum Gasteiger partial charge on any atom is -0.298 e. The lowest BCUT2D eigenvalue weighted by Crippen LogP contribution is -2.22. The Morgan fingerprint density at radius 1 is 1.50 bits per heavy atom. The molecule has 0 bridgehead atoms. The van der Waals surface area contributed by atoms with Crippen LogP contribution in [0.1, 0.15) is 18.0 Å². The van der Waals surface area contributed by atoms with E-state index in [-0.39, 0.29) is 5.56 Å². The monoisotopic (exact) mass is 251 g/mol. The summed E-state index contributed by atoms with van der Waals surface area (Å²) < 4.78 is 26.1. The number of rotatable bonds is 6. The second kappa shape index (κ2) is 7.22. The summed E-state index contributed by atoms with van der Waals surface area (Å²) in [6, 6.07) is 4.12. The maximum atomic E-state index is 13.4. The summed E-state index contributed by atoms with van der Waals surface area (Å²) in [5.41, 5.74) is 8.16. The van der Waals surface area contributed by atoms with Crippen LogP contribution in [0.25, 0.3) is 10.4 Å². The first kappa shape index (κ1) is 13.9. The first-order chi connectivity index (χ1) is 8.69. The Bertz CT molecular complexity index is 491. The molecule has 18 heavy (non-hydrogen) atoms. The van der Waals surface area contributed by atoms with Gasteiger partial charge in [-0.2, -0.15) is 5.26 Å². The highest BCUT2D eigenvalue weighted by Crippen LogP contribution is 2.17. The van der Waals surface area contributed by atoms with Crippen LogP contribution in [0.3, 0.4) is 0 Å². The van der Waals surface area contributed by atoms with Crippen LogP contribution in [0.2, 0.25) is 0 Å². The van der Waals surface area contributed by atoms with Gasteiger partial charge in [-0.3, -0.25) is 5.32 Å². The molecule has 0 heterocycles. The van der Waals surface area contributed by atoms with Crippen LogP contribution in [0.4, 0.5) is 8.78 Å². The van der Waals surface area contributed by atoms with Crippen LogP contribution in [0, 0.1) is 23.0 Å². The molecule has 0 aliphatic heterocycles. The molecule has 1 aromatic rings. The van der Waals surface area contributed by atoms with Crippen LogP contribution in [-0.2, 0) is 0 Å². The molecule has 0 saturated heterocycles. The van der Waals surface area contributed by atoms with Gasteiger partial charge in [0, 0.05) is 23.1 Å². The van der Waals surface area contributed by atoms with E-state index >= 15 is 0 Å². The number of hydrogen-bond acceptors (Lipinski definition) is 3. The number of nitriles is 1. The van der Waals surface area contributed by atoms with E-state index in [0.717, 1.165) is 12.1 Å². The number of benzene rings is 1.